The minimum absolute atomic E-state index is 0.144. The number of carbonyl (C=O) groups excluding carboxylic acids is 1. The van der Waals surface area contributed by atoms with Crippen molar-refractivity contribution in [1.82, 2.24) is 0 Å². The summed E-state index contributed by atoms with van der Waals surface area (Å²) in [6, 6.07) is 6.31. The average Bonchev–Trinajstić information content (AvgIpc) is 3.01. The number of sulfone groups is 1. The van der Waals surface area contributed by atoms with E-state index < -0.39 is 27.5 Å². The van der Waals surface area contributed by atoms with E-state index in [4.69, 9.17) is 19.2 Å². The summed E-state index contributed by atoms with van der Waals surface area (Å²) in [7, 11) is -3.34. The molecule has 2 bridgehead atoms. The van der Waals surface area contributed by atoms with Crippen LogP contribution in [0.25, 0.3) is 0 Å². The second kappa shape index (κ2) is 8.55. The molecule has 0 radical (unpaired) electrons. The maximum atomic E-state index is 12.7. The molecule has 5 aliphatic rings. The Morgan fingerprint density at radius 2 is 1.94 bits per heavy atom. The monoisotopic (exact) mass is 493 g/mol. The minimum atomic E-state index is -3.34. The third-order valence-electron chi connectivity index (χ3n) is 8.50. The van der Waals surface area contributed by atoms with Gasteiger partial charge in [-0.2, -0.15) is 0 Å². The molecule has 4 heterocycles. The summed E-state index contributed by atoms with van der Waals surface area (Å²) < 4.78 is 36.5. The van der Waals surface area contributed by atoms with Crippen molar-refractivity contribution >= 4 is 21.4 Å². The van der Waals surface area contributed by atoms with Gasteiger partial charge in [0, 0.05) is 30.7 Å². The Bertz CT molecular complexity index is 1060. The van der Waals surface area contributed by atoms with Crippen molar-refractivity contribution in [3.05, 3.63) is 24.3 Å². The molecule has 8 nitrogen and oxygen atoms in total. The molecule has 1 aromatic carbocycles. The topological polar surface area (TPSA) is 100 Å². The van der Waals surface area contributed by atoms with Gasteiger partial charge >= 0.3 is 0 Å². The third-order valence-corrected chi connectivity index (χ3v) is 9.61. The summed E-state index contributed by atoms with van der Waals surface area (Å²) >= 11 is 0. The highest BCUT2D eigenvalue weighted by Crippen LogP contribution is 2.60. The van der Waals surface area contributed by atoms with Gasteiger partial charge in [0.1, 0.15) is 0 Å². The Balaban J connectivity index is 1.29. The van der Waals surface area contributed by atoms with Crippen LogP contribution in [0.5, 0.6) is 0 Å². The molecule has 1 saturated carbocycles. The molecule has 1 aliphatic carbocycles. The van der Waals surface area contributed by atoms with Gasteiger partial charge in [-0.25, -0.2) is 18.2 Å². The van der Waals surface area contributed by atoms with Gasteiger partial charge < -0.3 is 14.8 Å². The predicted octanol–water partition coefficient (Wildman–Crippen LogP) is 4.06. The Morgan fingerprint density at radius 3 is 2.71 bits per heavy atom. The van der Waals surface area contributed by atoms with Crippen molar-refractivity contribution in [2.24, 2.45) is 23.7 Å². The molecule has 6 rings (SSSR count). The van der Waals surface area contributed by atoms with Crippen LogP contribution in [-0.2, 0) is 33.9 Å². The highest BCUT2D eigenvalue weighted by molar-refractivity contribution is 7.90. The molecule has 9 heteroatoms. The molecular weight excluding hydrogens is 458 g/mol. The molecule has 34 heavy (non-hydrogen) atoms. The van der Waals surface area contributed by atoms with E-state index in [-0.39, 0.29) is 35.2 Å². The van der Waals surface area contributed by atoms with Crippen LogP contribution in [0.2, 0.25) is 0 Å². The number of rotatable bonds is 5. The molecule has 5 fully saturated rings. The molecule has 1 amide bonds. The molecule has 0 unspecified atom stereocenters. The molecule has 8 atom stereocenters. The fourth-order valence-electron chi connectivity index (χ4n) is 6.61. The number of carbonyl (C=O) groups is 1. The number of anilines is 1. The van der Waals surface area contributed by atoms with E-state index in [9.17, 15) is 13.2 Å². The minimum Gasteiger partial charge on any atom is -0.346 e. The van der Waals surface area contributed by atoms with Crippen LogP contribution >= 0.6 is 0 Å². The van der Waals surface area contributed by atoms with E-state index in [1.807, 2.05) is 6.92 Å². The fourth-order valence-corrected chi connectivity index (χ4v) is 7.28. The van der Waals surface area contributed by atoms with Crippen molar-refractivity contribution in [3.8, 4) is 0 Å². The first-order chi connectivity index (χ1) is 16.0. The second-order valence-corrected chi connectivity index (χ2v) is 12.8. The van der Waals surface area contributed by atoms with Crippen molar-refractivity contribution in [2.75, 3.05) is 11.6 Å². The summed E-state index contributed by atoms with van der Waals surface area (Å²) in [5, 5.41) is 2.82. The number of hydrogen-bond donors (Lipinski definition) is 1. The van der Waals surface area contributed by atoms with Crippen molar-refractivity contribution < 1.29 is 32.5 Å². The number of benzene rings is 1. The van der Waals surface area contributed by atoms with Crippen LogP contribution in [0.1, 0.15) is 59.3 Å². The van der Waals surface area contributed by atoms with Crippen LogP contribution in [0, 0.1) is 23.7 Å². The van der Waals surface area contributed by atoms with Gasteiger partial charge in [-0.15, -0.1) is 0 Å². The Morgan fingerprint density at radius 1 is 1.15 bits per heavy atom. The highest BCUT2D eigenvalue weighted by Gasteiger charge is 2.69. The van der Waals surface area contributed by atoms with Gasteiger partial charge in [0.15, 0.2) is 21.7 Å². The highest BCUT2D eigenvalue weighted by atomic mass is 32.2. The molecule has 4 aliphatic heterocycles. The van der Waals surface area contributed by atoms with Gasteiger partial charge in [0.25, 0.3) is 0 Å². The number of nitrogens with one attached hydrogen (secondary N) is 1. The summed E-state index contributed by atoms with van der Waals surface area (Å²) in [5.74, 6) is 0.246. The lowest BCUT2D eigenvalue weighted by Crippen LogP contribution is -2.70. The first kappa shape index (κ1) is 24.2. The van der Waals surface area contributed by atoms with E-state index in [1.165, 1.54) is 12.1 Å². The molecule has 1 aromatic rings. The normalized spacial score (nSPS) is 41.4. The first-order valence-corrected chi connectivity index (χ1v) is 14.2. The lowest BCUT2D eigenvalue weighted by Gasteiger charge is -2.60. The summed E-state index contributed by atoms with van der Waals surface area (Å²) in [6.07, 6.45) is 5.21. The lowest BCUT2D eigenvalue weighted by molar-refractivity contribution is -0.571. The standard InChI is InChI=1S/C25H35NO7S/c1-15-8-9-20-16(2)21(30-23-25(20)19(15)12-13-24(3,31-23)32-33-25)10-11-22(27)26-17-6-5-7-18(14-17)34(4,28)29/h5-7,14-16,19-21,23H,8-13H2,1-4H3,(H,26,27)/t15-,16-,19+,20+,21-,23-,24-,25-/m1/s1. The molecule has 0 aromatic heterocycles. The maximum absolute atomic E-state index is 12.7. The van der Waals surface area contributed by atoms with Crippen LogP contribution in [0.3, 0.4) is 0 Å². The zero-order valence-corrected chi connectivity index (χ0v) is 21.1. The van der Waals surface area contributed by atoms with Crippen LogP contribution < -0.4 is 5.32 Å². The Labute approximate surface area is 201 Å². The van der Waals surface area contributed by atoms with Gasteiger partial charge in [-0.3, -0.25) is 4.79 Å². The number of fused-ring (bicyclic) bond motifs is 2. The lowest BCUT2D eigenvalue weighted by atomic mass is 9.57. The fraction of sp³-hybridized carbons (Fsp3) is 0.720. The maximum Gasteiger partial charge on any atom is 0.224 e. The molecule has 1 N–H and O–H groups in total. The van der Waals surface area contributed by atoms with E-state index in [1.54, 1.807) is 12.1 Å². The van der Waals surface area contributed by atoms with Crippen LogP contribution in [0.15, 0.2) is 29.2 Å². The molecule has 4 saturated heterocycles. The quantitative estimate of drug-likeness (QED) is 0.618. The van der Waals surface area contributed by atoms with E-state index in [2.05, 4.69) is 19.2 Å². The van der Waals surface area contributed by atoms with Gasteiger partial charge in [-0.1, -0.05) is 19.9 Å². The van der Waals surface area contributed by atoms with Crippen LogP contribution in [0.4, 0.5) is 5.69 Å². The van der Waals surface area contributed by atoms with Crippen molar-refractivity contribution in [3.63, 3.8) is 0 Å². The van der Waals surface area contributed by atoms with Gasteiger partial charge in [0.05, 0.1) is 11.0 Å². The molecule has 188 valence electrons. The van der Waals surface area contributed by atoms with Crippen molar-refractivity contribution in [2.45, 2.75) is 88.0 Å². The Hall–Kier alpha value is -1.52. The van der Waals surface area contributed by atoms with E-state index in [0.717, 1.165) is 31.9 Å². The van der Waals surface area contributed by atoms with Crippen LogP contribution in [-0.4, -0.2) is 44.4 Å². The third kappa shape index (κ3) is 4.09. The van der Waals surface area contributed by atoms with E-state index in [0.29, 0.717) is 23.9 Å². The van der Waals surface area contributed by atoms with E-state index >= 15 is 0 Å². The zero-order chi connectivity index (χ0) is 24.3. The first-order valence-electron chi connectivity index (χ1n) is 12.3. The van der Waals surface area contributed by atoms with Gasteiger partial charge in [-0.05, 0) is 68.6 Å². The zero-order valence-electron chi connectivity index (χ0n) is 20.3. The summed E-state index contributed by atoms with van der Waals surface area (Å²) in [5.41, 5.74) is -0.130. The number of ether oxygens (including phenoxy) is 2. The Kier molecular flexibility index (Phi) is 6.08. The summed E-state index contributed by atoms with van der Waals surface area (Å²) in [6.45, 7) is 6.38. The average molecular weight is 494 g/mol. The SMILES string of the molecule is C[C@H]1[C@@H](CCC(=O)Nc2cccc(S(C)(=O)=O)c2)O[C@@H]2O[C@@]3(C)CC[C@H]4[C@H](C)CC[C@@H]1[C@@]24OO3. The number of hydrogen-bond acceptors (Lipinski definition) is 7. The molecular formula is C25H35NO7S. The van der Waals surface area contributed by atoms with Gasteiger partial charge in [0.2, 0.25) is 11.7 Å². The second-order valence-electron chi connectivity index (χ2n) is 10.8. The largest absolute Gasteiger partial charge is 0.346 e. The number of amides is 1. The predicted molar refractivity (Wildman–Crippen MR) is 124 cm³/mol. The molecule has 1 spiro atoms. The smallest absolute Gasteiger partial charge is 0.224 e. The van der Waals surface area contributed by atoms with Crippen molar-refractivity contribution in [1.29, 1.82) is 0 Å². The summed E-state index contributed by atoms with van der Waals surface area (Å²) in [4.78, 5) is 24.9.